The number of piperidine rings is 1. The van der Waals surface area contributed by atoms with Gasteiger partial charge in [-0.2, -0.15) is 0 Å². The molecule has 0 unspecified atom stereocenters. The molecule has 0 aromatic carbocycles. The van der Waals surface area contributed by atoms with Crippen LogP contribution in [0.2, 0.25) is 0 Å². The predicted molar refractivity (Wildman–Crippen MR) is 48.9 cm³/mol. The van der Waals surface area contributed by atoms with Crippen molar-refractivity contribution in [2.45, 2.75) is 18.9 Å². The maximum Gasteiger partial charge on any atom is 0.308 e. The molecule has 2 N–H and O–H groups in total. The average Bonchev–Trinajstić information content (AvgIpc) is 2.23. The van der Waals surface area contributed by atoms with E-state index >= 15 is 0 Å². The monoisotopic (exact) mass is 212 g/mol. The molecule has 0 radical (unpaired) electrons. The maximum absolute atomic E-state index is 11.5. The van der Waals surface area contributed by atoms with Crippen LogP contribution >= 0.6 is 0 Å². The summed E-state index contributed by atoms with van der Waals surface area (Å²) in [4.78, 5) is 35.0. The Bertz CT molecular complexity index is 328. The van der Waals surface area contributed by atoms with E-state index in [1.807, 2.05) is 0 Å². The Balaban J connectivity index is 2.13. The van der Waals surface area contributed by atoms with Crippen molar-refractivity contribution in [3.05, 3.63) is 0 Å². The molecule has 15 heavy (non-hydrogen) atoms. The molecule has 6 nitrogen and oxygen atoms in total. The lowest BCUT2D eigenvalue weighted by Gasteiger charge is -2.40. The fourth-order valence-electron chi connectivity index (χ4n) is 2.10. The van der Waals surface area contributed by atoms with Crippen LogP contribution in [0, 0.1) is 5.92 Å². The van der Waals surface area contributed by atoms with Gasteiger partial charge in [0.1, 0.15) is 6.04 Å². The van der Waals surface area contributed by atoms with Crippen molar-refractivity contribution in [1.82, 2.24) is 10.2 Å². The van der Waals surface area contributed by atoms with Gasteiger partial charge in [-0.25, -0.2) is 0 Å². The Kier molecular flexibility index (Phi) is 2.34. The summed E-state index contributed by atoms with van der Waals surface area (Å²) in [6.45, 7) is 0.147. The molecule has 0 aromatic rings. The fraction of sp³-hybridized carbons (Fsp3) is 0.667. The van der Waals surface area contributed by atoms with Crippen molar-refractivity contribution in [2.75, 3.05) is 13.1 Å². The highest BCUT2D eigenvalue weighted by Crippen LogP contribution is 2.24. The second-order valence-electron chi connectivity index (χ2n) is 3.89. The van der Waals surface area contributed by atoms with E-state index in [2.05, 4.69) is 5.32 Å². The summed E-state index contributed by atoms with van der Waals surface area (Å²) in [7, 11) is 0. The third-order valence-electron chi connectivity index (χ3n) is 2.97. The topological polar surface area (TPSA) is 86.7 Å². The summed E-state index contributed by atoms with van der Waals surface area (Å²) in [6, 6.07) is -0.457. The van der Waals surface area contributed by atoms with Crippen molar-refractivity contribution < 1.29 is 19.5 Å². The number of aliphatic carboxylic acids is 1. The summed E-state index contributed by atoms with van der Waals surface area (Å²) in [5.74, 6) is -1.78. The minimum atomic E-state index is -0.896. The molecule has 2 aliphatic heterocycles. The number of carboxylic acid groups (broad SMARTS) is 1. The van der Waals surface area contributed by atoms with E-state index < -0.39 is 17.9 Å². The number of nitrogens with zero attached hydrogens (tertiary/aromatic N) is 1. The molecule has 0 spiro atoms. The molecule has 82 valence electrons. The first kappa shape index (κ1) is 9.95. The number of rotatable bonds is 1. The molecule has 2 rings (SSSR count). The van der Waals surface area contributed by atoms with Crippen LogP contribution in [0.25, 0.3) is 0 Å². The second kappa shape index (κ2) is 3.52. The van der Waals surface area contributed by atoms with Gasteiger partial charge in [0.25, 0.3) is 0 Å². The lowest BCUT2D eigenvalue weighted by molar-refractivity contribution is -0.154. The van der Waals surface area contributed by atoms with Crippen LogP contribution in [0.1, 0.15) is 12.8 Å². The van der Waals surface area contributed by atoms with Gasteiger partial charge in [0, 0.05) is 6.54 Å². The molecule has 2 aliphatic rings. The summed E-state index contributed by atoms with van der Waals surface area (Å²) in [5, 5.41) is 11.3. The zero-order valence-corrected chi connectivity index (χ0v) is 8.10. The summed E-state index contributed by atoms with van der Waals surface area (Å²) < 4.78 is 0. The van der Waals surface area contributed by atoms with Gasteiger partial charge >= 0.3 is 5.97 Å². The first-order valence-electron chi connectivity index (χ1n) is 4.89. The Morgan fingerprint density at radius 3 is 2.80 bits per heavy atom. The standard InChI is InChI=1S/C9H12N2O4/c12-7-3-10-8(13)6-2-1-5(9(14)15)4-11(6)7/h5-6H,1-4H2,(H,10,13)(H,14,15)/t5-,6-/m1/s1. The van der Waals surface area contributed by atoms with Crippen LogP contribution in [0.3, 0.4) is 0 Å². The van der Waals surface area contributed by atoms with Crippen molar-refractivity contribution in [2.24, 2.45) is 5.92 Å². The van der Waals surface area contributed by atoms with Gasteiger partial charge in [0.15, 0.2) is 0 Å². The second-order valence-corrected chi connectivity index (χ2v) is 3.89. The van der Waals surface area contributed by atoms with Gasteiger partial charge in [-0.15, -0.1) is 0 Å². The highest BCUT2D eigenvalue weighted by atomic mass is 16.4. The third-order valence-corrected chi connectivity index (χ3v) is 2.97. The van der Waals surface area contributed by atoms with E-state index in [1.54, 1.807) is 0 Å². The van der Waals surface area contributed by atoms with E-state index in [0.29, 0.717) is 12.8 Å². The minimum absolute atomic E-state index is 0.0122. The first-order chi connectivity index (χ1) is 7.09. The lowest BCUT2D eigenvalue weighted by Crippen LogP contribution is -2.61. The van der Waals surface area contributed by atoms with Gasteiger partial charge in [-0.3, -0.25) is 14.4 Å². The zero-order valence-electron chi connectivity index (χ0n) is 8.10. The number of nitrogens with one attached hydrogen (secondary N) is 1. The highest BCUT2D eigenvalue weighted by molar-refractivity contribution is 5.95. The average molecular weight is 212 g/mol. The number of hydrogen-bond acceptors (Lipinski definition) is 3. The van der Waals surface area contributed by atoms with Crippen LogP contribution in [0.5, 0.6) is 0 Å². The molecule has 2 fully saturated rings. The number of carbonyl (C=O) groups is 3. The quantitative estimate of drug-likeness (QED) is 0.572. The van der Waals surface area contributed by atoms with Crippen LogP contribution in [-0.4, -0.2) is 46.9 Å². The van der Waals surface area contributed by atoms with Crippen LogP contribution in [-0.2, 0) is 14.4 Å². The van der Waals surface area contributed by atoms with E-state index in [4.69, 9.17) is 5.11 Å². The van der Waals surface area contributed by atoms with Crippen molar-refractivity contribution in [3.63, 3.8) is 0 Å². The number of fused-ring (bicyclic) bond motifs is 1. The molecule has 0 aromatic heterocycles. The molecule has 2 amide bonds. The Morgan fingerprint density at radius 1 is 1.40 bits per heavy atom. The SMILES string of the molecule is O=C(O)[C@@H]1CC[C@@H]2C(=O)NCC(=O)N2C1. The Hall–Kier alpha value is -1.59. The number of carboxylic acids is 1. The third kappa shape index (κ3) is 1.67. The predicted octanol–water partition coefficient (Wildman–Crippen LogP) is -1.19. The number of hydrogen-bond donors (Lipinski definition) is 2. The maximum atomic E-state index is 11.5. The number of piperazine rings is 1. The van der Waals surface area contributed by atoms with Gasteiger partial charge in [-0.05, 0) is 12.8 Å². The smallest absolute Gasteiger partial charge is 0.308 e. The van der Waals surface area contributed by atoms with Gasteiger partial charge in [0.05, 0.1) is 12.5 Å². The zero-order chi connectivity index (χ0) is 11.0. The van der Waals surface area contributed by atoms with Crippen molar-refractivity contribution >= 4 is 17.8 Å². The summed E-state index contributed by atoms with van der Waals surface area (Å²) >= 11 is 0. The minimum Gasteiger partial charge on any atom is -0.481 e. The normalized spacial score (nSPS) is 30.8. The Morgan fingerprint density at radius 2 is 2.13 bits per heavy atom. The summed E-state index contributed by atoms with van der Waals surface area (Å²) in [5.41, 5.74) is 0. The van der Waals surface area contributed by atoms with E-state index in [9.17, 15) is 14.4 Å². The van der Waals surface area contributed by atoms with Crippen molar-refractivity contribution in [1.29, 1.82) is 0 Å². The molecule has 2 atom stereocenters. The molecule has 2 heterocycles. The van der Waals surface area contributed by atoms with E-state index in [1.165, 1.54) is 4.90 Å². The highest BCUT2D eigenvalue weighted by Gasteiger charge is 2.40. The molecule has 2 saturated heterocycles. The molecule has 6 heteroatoms. The Labute approximate surface area is 86.2 Å². The van der Waals surface area contributed by atoms with Crippen molar-refractivity contribution in [3.8, 4) is 0 Å². The lowest BCUT2D eigenvalue weighted by atomic mass is 9.91. The first-order valence-corrected chi connectivity index (χ1v) is 4.89. The van der Waals surface area contributed by atoms with Gasteiger partial charge in [0.2, 0.25) is 11.8 Å². The van der Waals surface area contributed by atoms with Crippen LogP contribution in [0.15, 0.2) is 0 Å². The molecule has 0 aliphatic carbocycles. The molecule has 0 saturated carbocycles. The largest absolute Gasteiger partial charge is 0.481 e. The number of amides is 2. The van der Waals surface area contributed by atoms with Crippen LogP contribution < -0.4 is 5.32 Å². The van der Waals surface area contributed by atoms with E-state index in [0.717, 1.165) is 0 Å². The molecular weight excluding hydrogens is 200 g/mol. The summed E-state index contributed by atoms with van der Waals surface area (Å²) in [6.07, 6.45) is 0.895. The van der Waals surface area contributed by atoms with Crippen LogP contribution in [0.4, 0.5) is 0 Å². The van der Waals surface area contributed by atoms with Gasteiger partial charge < -0.3 is 15.3 Å². The molecule has 0 bridgehead atoms. The fourth-order valence-corrected chi connectivity index (χ4v) is 2.10. The number of carbonyl (C=O) groups excluding carboxylic acids is 2. The van der Waals surface area contributed by atoms with E-state index in [-0.39, 0.29) is 24.9 Å². The molecular formula is C9H12N2O4. The van der Waals surface area contributed by atoms with Gasteiger partial charge in [-0.1, -0.05) is 0 Å².